The van der Waals surface area contributed by atoms with Crippen LogP contribution in [0.3, 0.4) is 0 Å². The van der Waals surface area contributed by atoms with Crippen molar-refractivity contribution in [2.24, 2.45) is 5.73 Å². The lowest BCUT2D eigenvalue weighted by atomic mass is 10.1. The molecule has 2 N–H and O–H groups in total. The number of likely N-dealkylation sites (N-methyl/N-ethyl adjacent to an activating group) is 1. The third-order valence-electron chi connectivity index (χ3n) is 3.30. The molecule has 0 aliphatic carbocycles. The molecule has 0 aliphatic rings. The quantitative estimate of drug-likeness (QED) is 0.890. The number of methoxy groups -OCH3 is 1. The summed E-state index contributed by atoms with van der Waals surface area (Å²) < 4.78 is 18.7. The molecule has 0 spiro atoms. The van der Waals surface area contributed by atoms with Crippen molar-refractivity contribution in [2.75, 3.05) is 20.7 Å². The van der Waals surface area contributed by atoms with E-state index in [1.54, 1.807) is 17.4 Å². The molecule has 0 fully saturated rings. The fourth-order valence-electron chi connectivity index (χ4n) is 2.22. The molecular formula is C15H19FN2OS. The summed E-state index contributed by atoms with van der Waals surface area (Å²) in [5, 5.41) is 2.05. The smallest absolute Gasteiger partial charge is 0.165 e. The second kappa shape index (κ2) is 6.83. The highest BCUT2D eigenvalue weighted by Gasteiger charge is 2.17. The predicted octanol–water partition coefficient (Wildman–Crippen LogP) is 3.03. The van der Waals surface area contributed by atoms with Crippen LogP contribution in [0.5, 0.6) is 5.75 Å². The van der Waals surface area contributed by atoms with Gasteiger partial charge in [0.15, 0.2) is 11.6 Å². The summed E-state index contributed by atoms with van der Waals surface area (Å²) in [6.45, 7) is 1.24. The Bertz CT molecular complexity index is 545. The highest BCUT2D eigenvalue weighted by atomic mass is 32.1. The third kappa shape index (κ3) is 3.36. The maximum Gasteiger partial charge on any atom is 0.165 e. The molecule has 0 amide bonds. The van der Waals surface area contributed by atoms with Gasteiger partial charge in [-0.25, -0.2) is 4.39 Å². The van der Waals surface area contributed by atoms with Crippen LogP contribution in [0.2, 0.25) is 0 Å². The topological polar surface area (TPSA) is 38.5 Å². The summed E-state index contributed by atoms with van der Waals surface area (Å²) in [7, 11) is 3.46. The summed E-state index contributed by atoms with van der Waals surface area (Å²) in [4.78, 5) is 3.40. The molecule has 0 saturated carbocycles. The number of thiophene rings is 1. The lowest BCUT2D eigenvalue weighted by Gasteiger charge is -2.27. The van der Waals surface area contributed by atoms with Gasteiger partial charge in [-0.15, -0.1) is 11.3 Å². The van der Waals surface area contributed by atoms with Crippen molar-refractivity contribution in [1.29, 1.82) is 0 Å². The molecule has 1 aromatic carbocycles. The molecule has 0 aliphatic heterocycles. The molecule has 5 heteroatoms. The molecule has 0 saturated heterocycles. The predicted molar refractivity (Wildman–Crippen MR) is 80.5 cm³/mol. The van der Waals surface area contributed by atoms with Crippen LogP contribution in [-0.4, -0.2) is 25.6 Å². The van der Waals surface area contributed by atoms with Crippen LogP contribution >= 0.6 is 11.3 Å². The second-order valence-corrected chi connectivity index (χ2v) is 5.67. The van der Waals surface area contributed by atoms with E-state index >= 15 is 0 Å². The third-order valence-corrected chi connectivity index (χ3v) is 4.16. The van der Waals surface area contributed by atoms with E-state index in [-0.39, 0.29) is 17.6 Å². The number of hydrogen-bond donors (Lipinski definition) is 1. The van der Waals surface area contributed by atoms with Crippen molar-refractivity contribution < 1.29 is 9.13 Å². The molecule has 2 rings (SSSR count). The molecule has 1 aromatic heterocycles. The summed E-state index contributed by atoms with van der Waals surface area (Å²) >= 11 is 1.71. The van der Waals surface area contributed by atoms with E-state index in [1.807, 2.05) is 24.6 Å². The van der Waals surface area contributed by atoms with Crippen molar-refractivity contribution in [3.05, 3.63) is 52.0 Å². The molecular weight excluding hydrogens is 275 g/mol. The van der Waals surface area contributed by atoms with E-state index in [1.165, 1.54) is 18.1 Å². The first kappa shape index (κ1) is 15.0. The highest BCUT2D eigenvalue weighted by Crippen LogP contribution is 2.26. The van der Waals surface area contributed by atoms with E-state index < -0.39 is 0 Å². The van der Waals surface area contributed by atoms with Crippen LogP contribution in [0.4, 0.5) is 4.39 Å². The minimum Gasteiger partial charge on any atom is -0.494 e. The monoisotopic (exact) mass is 294 g/mol. The van der Waals surface area contributed by atoms with Gasteiger partial charge in [-0.3, -0.25) is 4.90 Å². The fourth-order valence-corrected chi connectivity index (χ4v) is 2.99. The van der Waals surface area contributed by atoms with Gasteiger partial charge in [0.05, 0.1) is 7.11 Å². The molecule has 108 valence electrons. The zero-order chi connectivity index (χ0) is 14.5. The number of benzene rings is 1. The van der Waals surface area contributed by atoms with Gasteiger partial charge < -0.3 is 10.5 Å². The Labute approximate surface area is 122 Å². The number of hydrogen-bond acceptors (Lipinski definition) is 4. The number of nitrogens with two attached hydrogens (primary N) is 1. The molecule has 1 heterocycles. The lowest BCUT2D eigenvalue weighted by molar-refractivity contribution is 0.243. The lowest BCUT2D eigenvalue weighted by Crippen LogP contribution is -2.30. The van der Waals surface area contributed by atoms with Crippen LogP contribution in [-0.2, 0) is 6.54 Å². The summed E-state index contributed by atoms with van der Waals surface area (Å²) in [5.41, 5.74) is 6.73. The molecule has 20 heavy (non-hydrogen) atoms. The zero-order valence-electron chi connectivity index (χ0n) is 11.7. The summed E-state index contributed by atoms with van der Waals surface area (Å²) in [6.07, 6.45) is 0. The van der Waals surface area contributed by atoms with Gasteiger partial charge in [-0.1, -0.05) is 12.1 Å². The number of halogens is 1. The maximum absolute atomic E-state index is 13.8. The van der Waals surface area contributed by atoms with E-state index in [4.69, 9.17) is 10.5 Å². The Morgan fingerprint density at radius 3 is 2.75 bits per heavy atom. The van der Waals surface area contributed by atoms with Crippen LogP contribution in [0.15, 0.2) is 35.7 Å². The van der Waals surface area contributed by atoms with Gasteiger partial charge in [0.25, 0.3) is 0 Å². The highest BCUT2D eigenvalue weighted by molar-refractivity contribution is 7.09. The average Bonchev–Trinajstić information content (AvgIpc) is 2.92. The molecule has 2 aromatic rings. The Morgan fingerprint density at radius 2 is 2.20 bits per heavy atom. The average molecular weight is 294 g/mol. The first-order chi connectivity index (χ1) is 9.65. The molecule has 0 radical (unpaired) electrons. The number of rotatable bonds is 6. The zero-order valence-corrected chi connectivity index (χ0v) is 12.5. The second-order valence-electron chi connectivity index (χ2n) is 4.64. The first-order valence-electron chi connectivity index (χ1n) is 6.41. The van der Waals surface area contributed by atoms with Crippen LogP contribution < -0.4 is 10.5 Å². The minimum atomic E-state index is -0.354. The standard InChI is InChI=1S/C15H19FN2OS/c1-18(10-12-4-3-7-20-12)14(9-17)11-5-6-15(19-2)13(16)8-11/h3-8,14H,9-10,17H2,1-2H3. The Kier molecular flexibility index (Phi) is 5.11. The maximum atomic E-state index is 13.8. The van der Waals surface area contributed by atoms with Gasteiger partial charge in [0.2, 0.25) is 0 Å². The van der Waals surface area contributed by atoms with E-state index in [0.29, 0.717) is 6.54 Å². The Balaban J connectivity index is 2.16. The summed E-state index contributed by atoms with van der Waals surface area (Å²) in [5.74, 6) is -0.0987. The van der Waals surface area contributed by atoms with Crippen molar-refractivity contribution >= 4 is 11.3 Å². The largest absolute Gasteiger partial charge is 0.494 e. The summed E-state index contributed by atoms with van der Waals surface area (Å²) in [6, 6.07) is 9.11. The van der Waals surface area contributed by atoms with Crippen molar-refractivity contribution in [3.63, 3.8) is 0 Å². The van der Waals surface area contributed by atoms with Gasteiger partial charge in [0, 0.05) is 24.0 Å². The van der Waals surface area contributed by atoms with Crippen LogP contribution in [0.1, 0.15) is 16.5 Å². The molecule has 1 atom stereocenters. The fraction of sp³-hybridized carbons (Fsp3) is 0.333. The first-order valence-corrected chi connectivity index (χ1v) is 7.29. The SMILES string of the molecule is COc1ccc(C(CN)N(C)Cc2cccs2)cc1F. The van der Waals surface area contributed by atoms with Gasteiger partial charge >= 0.3 is 0 Å². The van der Waals surface area contributed by atoms with E-state index in [9.17, 15) is 4.39 Å². The van der Waals surface area contributed by atoms with E-state index in [0.717, 1.165) is 12.1 Å². The molecule has 3 nitrogen and oxygen atoms in total. The molecule has 0 bridgehead atoms. The van der Waals surface area contributed by atoms with E-state index in [2.05, 4.69) is 11.0 Å². The van der Waals surface area contributed by atoms with Gasteiger partial charge in [-0.05, 0) is 36.2 Å². The van der Waals surface area contributed by atoms with Crippen molar-refractivity contribution in [3.8, 4) is 5.75 Å². The van der Waals surface area contributed by atoms with Crippen LogP contribution in [0, 0.1) is 5.82 Å². The normalized spacial score (nSPS) is 12.7. The van der Waals surface area contributed by atoms with Crippen molar-refractivity contribution in [1.82, 2.24) is 4.90 Å². The molecule has 1 unspecified atom stereocenters. The number of nitrogens with zero attached hydrogens (tertiary/aromatic N) is 1. The van der Waals surface area contributed by atoms with Crippen LogP contribution in [0.25, 0.3) is 0 Å². The Hall–Kier alpha value is -1.43. The van der Waals surface area contributed by atoms with Gasteiger partial charge in [0.1, 0.15) is 0 Å². The van der Waals surface area contributed by atoms with Crippen molar-refractivity contribution in [2.45, 2.75) is 12.6 Å². The minimum absolute atomic E-state index is 0.0162. The Morgan fingerprint density at radius 1 is 1.40 bits per heavy atom. The number of ether oxygens (including phenoxy) is 1. The van der Waals surface area contributed by atoms with Gasteiger partial charge in [-0.2, -0.15) is 0 Å².